The summed E-state index contributed by atoms with van der Waals surface area (Å²) in [5.41, 5.74) is 9.11. The van der Waals surface area contributed by atoms with Crippen LogP contribution in [0.3, 0.4) is 0 Å². The minimum Gasteiger partial charge on any atom is -0.372 e. The summed E-state index contributed by atoms with van der Waals surface area (Å²) < 4.78 is 5.38. The van der Waals surface area contributed by atoms with Crippen molar-refractivity contribution >= 4 is 18.3 Å². The van der Waals surface area contributed by atoms with Crippen LogP contribution < -0.4 is 5.73 Å². The molecule has 1 aromatic rings. The first-order chi connectivity index (χ1) is 9.15. The molecular formula is C15H21ClN2O2. The molecule has 0 spiro atoms. The third-order valence-electron chi connectivity index (χ3n) is 4.23. The Kier molecular flexibility index (Phi) is 4.68. The second kappa shape index (κ2) is 6.12. The highest BCUT2D eigenvalue weighted by Gasteiger charge is 2.27. The van der Waals surface area contributed by atoms with Gasteiger partial charge in [-0.1, -0.05) is 13.0 Å². The van der Waals surface area contributed by atoms with Gasteiger partial charge in [0, 0.05) is 24.7 Å². The van der Waals surface area contributed by atoms with Crippen LogP contribution in [0.15, 0.2) is 18.2 Å². The fourth-order valence-corrected chi connectivity index (χ4v) is 2.84. The molecule has 1 fully saturated rings. The van der Waals surface area contributed by atoms with E-state index < -0.39 is 0 Å². The first-order valence-corrected chi connectivity index (χ1v) is 6.89. The van der Waals surface area contributed by atoms with Crippen LogP contribution in [0.2, 0.25) is 0 Å². The fourth-order valence-electron chi connectivity index (χ4n) is 2.84. The number of ether oxygens (including phenoxy) is 1. The summed E-state index contributed by atoms with van der Waals surface area (Å²) in [6.07, 6.45) is 0.890. The Morgan fingerprint density at radius 1 is 1.35 bits per heavy atom. The average Bonchev–Trinajstić information content (AvgIpc) is 2.88. The summed E-state index contributed by atoms with van der Waals surface area (Å²) in [6.45, 7) is 4.92. The predicted molar refractivity (Wildman–Crippen MR) is 79.8 cm³/mol. The molecular weight excluding hydrogens is 276 g/mol. The molecule has 3 rings (SSSR count). The Balaban J connectivity index is 0.00000147. The number of carbonyl (C=O) groups is 1. The average molecular weight is 297 g/mol. The third-order valence-corrected chi connectivity index (χ3v) is 4.23. The van der Waals surface area contributed by atoms with Crippen molar-refractivity contribution in [2.24, 2.45) is 11.7 Å². The van der Waals surface area contributed by atoms with Crippen LogP contribution >= 0.6 is 12.4 Å². The van der Waals surface area contributed by atoms with Crippen molar-refractivity contribution in [2.45, 2.75) is 32.6 Å². The SMILES string of the molecule is CC1CN(C(=O)c2ccc3c(c2)COC3)CCC1N.Cl. The molecule has 1 saturated heterocycles. The van der Waals surface area contributed by atoms with Gasteiger partial charge in [-0.3, -0.25) is 4.79 Å². The maximum Gasteiger partial charge on any atom is 0.253 e. The number of fused-ring (bicyclic) bond motifs is 1. The smallest absolute Gasteiger partial charge is 0.253 e. The molecule has 2 aliphatic heterocycles. The second-order valence-corrected chi connectivity index (χ2v) is 5.66. The number of rotatable bonds is 1. The Morgan fingerprint density at radius 3 is 2.85 bits per heavy atom. The van der Waals surface area contributed by atoms with E-state index in [1.807, 2.05) is 23.1 Å². The van der Waals surface area contributed by atoms with Gasteiger partial charge in [0.2, 0.25) is 0 Å². The standard InChI is InChI=1S/C15H20N2O2.ClH/c1-10-7-17(5-4-14(10)16)15(18)11-2-3-12-8-19-9-13(12)6-11;/h2-3,6,10,14H,4-5,7-9,16H2,1H3;1H. The van der Waals surface area contributed by atoms with Crippen molar-refractivity contribution in [3.8, 4) is 0 Å². The number of amides is 1. The van der Waals surface area contributed by atoms with E-state index in [2.05, 4.69) is 6.92 Å². The molecule has 0 bridgehead atoms. The van der Waals surface area contributed by atoms with Gasteiger partial charge in [0.1, 0.15) is 0 Å². The van der Waals surface area contributed by atoms with E-state index in [0.29, 0.717) is 19.1 Å². The molecule has 5 heteroatoms. The number of carbonyl (C=O) groups excluding carboxylic acids is 1. The molecule has 1 aromatic carbocycles. The van der Waals surface area contributed by atoms with E-state index in [9.17, 15) is 4.79 Å². The second-order valence-electron chi connectivity index (χ2n) is 5.66. The molecule has 2 heterocycles. The van der Waals surface area contributed by atoms with Gasteiger partial charge in [0.05, 0.1) is 13.2 Å². The summed E-state index contributed by atoms with van der Waals surface area (Å²) >= 11 is 0. The van der Waals surface area contributed by atoms with Gasteiger partial charge in [0.25, 0.3) is 5.91 Å². The van der Waals surface area contributed by atoms with E-state index in [4.69, 9.17) is 10.5 Å². The first kappa shape index (κ1) is 15.3. The highest BCUT2D eigenvalue weighted by molar-refractivity contribution is 5.94. The van der Waals surface area contributed by atoms with E-state index in [1.165, 1.54) is 5.56 Å². The topological polar surface area (TPSA) is 55.6 Å². The van der Waals surface area contributed by atoms with Crippen LogP contribution in [0, 0.1) is 5.92 Å². The molecule has 0 radical (unpaired) electrons. The van der Waals surface area contributed by atoms with Crippen LogP contribution in [0.25, 0.3) is 0 Å². The van der Waals surface area contributed by atoms with Crippen molar-refractivity contribution in [3.05, 3.63) is 34.9 Å². The summed E-state index contributed by atoms with van der Waals surface area (Å²) in [4.78, 5) is 14.4. The van der Waals surface area contributed by atoms with Crippen molar-refractivity contribution < 1.29 is 9.53 Å². The number of nitrogens with two attached hydrogens (primary N) is 1. The van der Waals surface area contributed by atoms with Gasteiger partial charge in [0.15, 0.2) is 0 Å². The number of halogens is 1. The lowest BCUT2D eigenvalue weighted by Gasteiger charge is -2.35. The highest BCUT2D eigenvalue weighted by atomic mass is 35.5. The van der Waals surface area contributed by atoms with Gasteiger partial charge < -0.3 is 15.4 Å². The summed E-state index contributed by atoms with van der Waals surface area (Å²) in [5.74, 6) is 0.490. The van der Waals surface area contributed by atoms with Crippen LogP contribution in [-0.2, 0) is 18.0 Å². The molecule has 20 heavy (non-hydrogen) atoms. The quantitative estimate of drug-likeness (QED) is 0.862. The largest absolute Gasteiger partial charge is 0.372 e. The predicted octanol–water partition coefficient (Wildman–Crippen LogP) is 1.95. The van der Waals surface area contributed by atoms with Crippen molar-refractivity contribution in [1.82, 2.24) is 4.90 Å². The van der Waals surface area contributed by atoms with Gasteiger partial charge in [-0.2, -0.15) is 0 Å². The molecule has 4 nitrogen and oxygen atoms in total. The molecule has 110 valence electrons. The zero-order chi connectivity index (χ0) is 13.4. The van der Waals surface area contributed by atoms with Gasteiger partial charge in [-0.15, -0.1) is 12.4 Å². The zero-order valence-corrected chi connectivity index (χ0v) is 12.5. The lowest BCUT2D eigenvalue weighted by atomic mass is 9.94. The summed E-state index contributed by atoms with van der Waals surface area (Å²) in [7, 11) is 0. The number of nitrogens with zero attached hydrogens (tertiary/aromatic N) is 1. The Bertz CT molecular complexity index is 507. The maximum atomic E-state index is 12.5. The van der Waals surface area contributed by atoms with Crippen molar-refractivity contribution in [2.75, 3.05) is 13.1 Å². The lowest BCUT2D eigenvalue weighted by Crippen LogP contribution is -2.48. The number of piperidine rings is 1. The third kappa shape index (κ3) is 2.82. The normalized spacial score (nSPS) is 25.0. The highest BCUT2D eigenvalue weighted by Crippen LogP contribution is 2.23. The molecule has 2 unspecified atom stereocenters. The molecule has 0 saturated carbocycles. The first-order valence-electron chi connectivity index (χ1n) is 6.89. The van der Waals surface area contributed by atoms with E-state index in [0.717, 1.165) is 30.6 Å². The minimum absolute atomic E-state index is 0. The molecule has 2 aliphatic rings. The van der Waals surface area contributed by atoms with E-state index in [1.54, 1.807) is 0 Å². The van der Waals surface area contributed by atoms with Crippen LogP contribution in [0.1, 0.15) is 34.8 Å². The number of likely N-dealkylation sites (tertiary alicyclic amines) is 1. The molecule has 1 amide bonds. The van der Waals surface area contributed by atoms with E-state index >= 15 is 0 Å². The van der Waals surface area contributed by atoms with Gasteiger partial charge in [-0.05, 0) is 35.6 Å². The Morgan fingerprint density at radius 2 is 2.10 bits per heavy atom. The fraction of sp³-hybridized carbons (Fsp3) is 0.533. The van der Waals surface area contributed by atoms with Crippen molar-refractivity contribution in [3.63, 3.8) is 0 Å². The summed E-state index contributed by atoms with van der Waals surface area (Å²) in [5, 5.41) is 0. The van der Waals surface area contributed by atoms with Crippen LogP contribution in [-0.4, -0.2) is 29.9 Å². The summed E-state index contributed by atoms with van der Waals surface area (Å²) in [6, 6.07) is 6.12. The maximum absolute atomic E-state index is 12.5. The van der Waals surface area contributed by atoms with Crippen LogP contribution in [0.5, 0.6) is 0 Å². The zero-order valence-electron chi connectivity index (χ0n) is 11.7. The molecule has 0 aromatic heterocycles. The number of hydrogen-bond donors (Lipinski definition) is 1. The van der Waals surface area contributed by atoms with Crippen LogP contribution in [0.4, 0.5) is 0 Å². The molecule has 2 N–H and O–H groups in total. The molecule has 2 atom stereocenters. The van der Waals surface area contributed by atoms with Crippen molar-refractivity contribution in [1.29, 1.82) is 0 Å². The number of benzene rings is 1. The lowest BCUT2D eigenvalue weighted by molar-refractivity contribution is 0.0664. The van der Waals surface area contributed by atoms with E-state index in [-0.39, 0.29) is 24.4 Å². The van der Waals surface area contributed by atoms with Gasteiger partial charge in [-0.25, -0.2) is 0 Å². The monoisotopic (exact) mass is 296 g/mol. The Hall–Kier alpha value is -1.10. The van der Waals surface area contributed by atoms with Gasteiger partial charge >= 0.3 is 0 Å². The number of hydrogen-bond acceptors (Lipinski definition) is 3. The molecule has 0 aliphatic carbocycles. The minimum atomic E-state index is 0. The Labute approximate surface area is 125 Å².